The van der Waals surface area contributed by atoms with Gasteiger partial charge >= 0.3 is 6.09 Å². The Labute approximate surface area is 152 Å². The quantitative estimate of drug-likeness (QED) is 0.451. The summed E-state index contributed by atoms with van der Waals surface area (Å²) in [4.78, 5) is 22.9. The fraction of sp³-hybridized carbons (Fsp3) is 0.765. The molecule has 2 amide bonds. The number of allylic oxidation sites excluding steroid dienone is 1. The molecule has 140 valence electrons. The van der Waals surface area contributed by atoms with Crippen LogP contribution in [-0.2, 0) is 23.7 Å². The van der Waals surface area contributed by atoms with E-state index in [1.165, 1.54) is 5.57 Å². The van der Waals surface area contributed by atoms with Crippen LogP contribution in [0.1, 0.15) is 40.0 Å². The van der Waals surface area contributed by atoms with Crippen molar-refractivity contribution in [3.63, 3.8) is 0 Å². The first kappa shape index (κ1) is 18.6. The molecule has 0 aliphatic carbocycles. The van der Waals surface area contributed by atoms with Gasteiger partial charge in [0.05, 0.1) is 12.7 Å². The molecule has 0 bridgehead atoms. The van der Waals surface area contributed by atoms with Crippen LogP contribution in [0.4, 0.5) is 4.79 Å². The van der Waals surface area contributed by atoms with Crippen molar-refractivity contribution in [1.82, 2.24) is 5.32 Å². The van der Waals surface area contributed by atoms with Crippen molar-refractivity contribution in [2.45, 2.75) is 69.7 Å². The van der Waals surface area contributed by atoms with Crippen LogP contribution < -0.4 is 5.32 Å². The summed E-state index contributed by atoms with van der Waals surface area (Å²) in [5.74, 6) is -0.918. The zero-order chi connectivity index (χ0) is 18.2. The van der Waals surface area contributed by atoms with E-state index in [9.17, 15) is 9.59 Å². The van der Waals surface area contributed by atoms with Crippen LogP contribution in [0, 0.1) is 0 Å². The number of carbonyl (C=O) groups excluding carboxylic acids is 2. The van der Waals surface area contributed by atoms with Gasteiger partial charge in [0.2, 0.25) is 12.2 Å². The Balaban J connectivity index is 1.60. The highest BCUT2D eigenvalue weighted by molar-refractivity contribution is 6.28. The van der Waals surface area contributed by atoms with Crippen LogP contribution in [-0.4, -0.2) is 54.2 Å². The zero-order valence-corrected chi connectivity index (χ0v) is 15.4. The Morgan fingerprint density at radius 1 is 1.40 bits per heavy atom. The predicted octanol–water partition coefficient (Wildman–Crippen LogP) is 2.27. The summed E-state index contributed by atoms with van der Waals surface area (Å²) in [7, 11) is 0. The van der Waals surface area contributed by atoms with Crippen LogP contribution in [0.2, 0.25) is 0 Å². The first-order valence-electron chi connectivity index (χ1n) is 8.46. The van der Waals surface area contributed by atoms with E-state index < -0.39 is 23.9 Å². The van der Waals surface area contributed by atoms with E-state index in [1.54, 1.807) is 0 Å². The number of ether oxygens (including phenoxy) is 4. The summed E-state index contributed by atoms with van der Waals surface area (Å²) in [5, 5.41) is 2.04. The van der Waals surface area contributed by atoms with Crippen LogP contribution in [0.15, 0.2) is 11.6 Å². The molecular weight excluding hydrogens is 350 g/mol. The predicted molar refractivity (Wildman–Crippen MR) is 89.2 cm³/mol. The molecule has 3 fully saturated rings. The maximum Gasteiger partial charge on any atom is 0.416 e. The minimum absolute atomic E-state index is 0.0545. The van der Waals surface area contributed by atoms with E-state index in [-0.39, 0.29) is 23.7 Å². The highest BCUT2D eigenvalue weighted by Gasteiger charge is 2.70. The number of alkyl halides is 1. The second-order valence-corrected chi connectivity index (χ2v) is 7.50. The molecule has 1 N–H and O–H groups in total. The third-order valence-electron chi connectivity index (χ3n) is 4.92. The van der Waals surface area contributed by atoms with Gasteiger partial charge in [0, 0.05) is 6.42 Å². The minimum atomic E-state index is -0.856. The number of hydrogen-bond acceptors (Lipinski definition) is 6. The molecule has 1 spiro atoms. The lowest BCUT2D eigenvalue weighted by Crippen LogP contribution is -2.52. The summed E-state index contributed by atoms with van der Waals surface area (Å²) >= 11 is 5.35. The SMILES string of the molecule is CC(C)=CC[C@H]1O[C@@]1(C)[C@H]1O[C@H](OC(=O)NC(=O)CCl)CC[C@]12CO2. The average Bonchev–Trinajstić information content (AvgIpc) is 3.45. The molecule has 0 saturated carbocycles. The lowest BCUT2D eigenvalue weighted by Gasteiger charge is -2.36. The van der Waals surface area contributed by atoms with Crippen LogP contribution >= 0.6 is 11.6 Å². The van der Waals surface area contributed by atoms with Gasteiger partial charge in [-0.2, -0.15) is 0 Å². The van der Waals surface area contributed by atoms with Crippen LogP contribution in [0.3, 0.4) is 0 Å². The summed E-state index contributed by atoms with van der Waals surface area (Å²) in [6, 6.07) is 0. The third kappa shape index (κ3) is 4.00. The summed E-state index contributed by atoms with van der Waals surface area (Å²) in [6.45, 7) is 6.72. The van der Waals surface area contributed by atoms with E-state index in [4.69, 9.17) is 30.5 Å². The van der Waals surface area contributed by atoms with Crippen molar-refractivity contribution in [3.05, 3.63) is 11.6 Å². The average molecular weight is 374 g/mol. The number of nitrogens with one attached hydrogen (secondary N) is 1. The van der Waals surface area contributed by atoms with Gasteiger partial charge in [0.25, 0.3) is 0 Å². The molecule has 3 heterocycles. The number of hydrogen-bond donors (Lipinski definition) is 1. The number of rotatable bonds is 5. The van der Waals surface area contributed by atoms with Crippen molar-refractivity contribution in [2.24, 2.45) is 0 Å². The van der Waals surface area contributed by atoms with Gasteiger partial charge in [-0.25, -0.2) is 4.79 Å². The molecule has 3 saturated heterocycles. The smallest absolute Gasteiger partial charge is 0.416 e. The molecule has 0 aromatic heterocycles. The number of epoxide rings is 2. The van der Waals surface area contributed by atoms with Crippen molar-refractivity contribution in [3.8, 4) is 0 Å². The second kappa shape index (κ2) is 6.87. The van der Waals surface area contributed by atoms with Gasteiger partial charge < -0.3 is 18.9 Å². The molecule has 25 heavy (non-hydrogen) atoms. The van der Waals surface area contributed by atoms with E-state index in [2.05, 4.69) is 6.08 Å². The van der Waals surface area contributed by atoms with Gasteiger partial charge in [-0.15, -0.1) is 11.6 Å². The number of imide groups is 1. The normalized spacial score (nSPS) is 38.8. The van der Waals surface area contributed by atoms with Gasteiger partial charge in [-0.05, 0) is 33.6 Å². The highest BCUT2D eigenvalue weighted by atomic mass is 35.5. The van der Waals surface area contributed by atoms with Crippen LogP contribution in [0.25, 0.3) is 0 Å². The second-order valence-electron chi connectivity index (χ2n) is 7.23. The van der Waals surface area contributed by atoms with Crippen LogP contribution in [0.5, 0.6) is 0 Å². The Morgan fingerprint density at radius 3 is 2.72 bits per heavy atom. The molecule has 8 heteroatoms. The summed E-state index contributed by atoms with van der Waals surface area (Å²) in [6.07, 6.45) is 2.31. The molecule has 5 atom stereocenters. The minimum Gasteiger partial charge on any atom is -0.419 e. The lowest BCUT2D eigenvalue weighted by molar-refractivity contribution is -0.203. The standard InChI is InChI=1S/C17H24ClNO6/c1-10(2)4-5-11-16(3,25-11)14-17(9-22-17)7-6-13(23-14)24-15(21)19-12(20)8-18/h4,11,13-14H,5-9H2,1-3H3,(H,19,20,21)/t11-,13-,14-,16-,17+/m1/s1. The maximum absolute atomic E-state index is 11.7. The van der Waals surface area contributed by atoms with Crippen molar-refractivity contribution < 1.29 is 28.5 Å². The monoisotopic (exact) mass is 373 g/mol. The number of alkyl carbamates (subject to hydrolysis) is 1. The number of carbonyl (C=O) groups is 2. The maximum atomic E-state index is 11.7. The van der Waals surface area contributed by atoms with E-state index in [0.29, 0.717) is 19.4 Å². The molecule has 0 radical (unpaired) electrons. The largest absolute Gasteiger partial charge is 0.419 e. The number of amides is 2. The fourth-order valence-electron chi connectivity index (χ4n) is 3.39. The summed E-state index contributed by atoms with van der Waals surface area (Å²) in [5.41, 5.74) is 0.422. The molecule has 3 aliphatic rings. The Kier molecular flexibility index (Phi) is 5.12. The fourth-order valence-corrected chi connectivity index (χ4v) is 3.46. The van der Waals surface area contributed by atoms with Gasteiger partial charge in [-0.3, -0.25) is 10.1 Å². The Morgan fingerprint density at radius 2 is 2.12 bits per heavy atom. The third-order valence-corrected chi connectivity index (χ3v) is 5.17. The van der Waals surface area contributed by atoms with E-state index >= 15 is 0 Å². The van der Waals surface area contributed by atoms with Crippen molar-refractivity contribution in [2.75, 3.05) is 12.5 Å². The first-order chi connectivity index (χ1) is 11.8. The molecule has 3 aliphatic heterocycles. The topological polar surface area (TPSA) is 89.7 Å². The van der Waals surface area contributed by atoms with Gasteiger partial charge in [-0.1, -0.05) is 11.6 Å². The molecule has 0 unspecified atom stereocenters. The molecule has 0 aromatic rings. The summed E-state index contributed by atoms with van der Waals surface area (Å²) < 4.78 is 22.8. The molecule has 3 rings (SSSR count). The molecule has 7 nitrogen and oxygen atoms in total. The first-order valence-corrected chi connectivity index (χ1v) is 8.99. The Hall–Kier alpha value is -1.15. The lowest BCUT2D eigenvalue weighted by atomic mass is 9.84. The van der Waals surface area contributed by atoms with E-state index in [1.807, 2.05) is 26.1 Å². The Bertz CT molecular complexity index is 586. The molecule has 0 aromatic carbocycles. The highest BCUT2D eigenvalue weighted by Crippen LogP contribution is 2.54. The molecular formula is C17H24ClNO6. The van der Waals surface area contributed by atoms with Gasteiger partial charge in [0.1, 0.15) is 23.2 Å². The van der Waals surface area contributed by atoms with Crippen molar-refractivity contribution >= 4 is 23.6 Å². The van der Waals surface area contributed by atoms with Crippen molar-refractivity contribution in [1.29, 1.82) is 0 Å². The van der Waals surface area contributed by atoms with Gasteiger partial charge in [0.15, 0.2) is 0 Å². The number of halogens is 1. The van der Waals surface area contributed by atoms with E-state index in [0.717, 1.165) is 6.42 Å². The zero-order valence-electron chi connectivity index (χ0n) is 14.7.